The number of nitrogens with zero attached hydrogens (tertiary/aromatic N) is 1. The van der Waals surface area contributed by atoms with Crippen molar-refractivity contribution in [2.45, 2.75) is 39.7 Å². The summed E-state index contributed by atoms with van der Waals surface area (Å²) in [5, 5.41) is 0. The summed E-state index contributed by atoms with van der Waals surface area (Å²) in [5.41, 5.74) is 0. The Morgan fingerprint density at radius 3 is 2.33 bits per heavy atom. The van der Waals surface area contributed by atoms with Crippen LogP contribution in [0.25, 0.3) is 0 Å². The lowest BCUT2D eigenvalue weighted by Gasteiger charge is -2.20. The van der Waals surface area contributed by atoms with Crippen molar-refractivity contribution in [2.75, 3.05) is 13.2 Å². The molecule has 0 bridgehead atoms. The van der Waals surface area contributed by atoms with Gasteiger partial charge < -0.3 is 9.47 Å². The number of rotatable bonds is 4. The van der Waals surface area contributed by atoms with Crippen molar-refractivity contribution in [1.82, 2.24) is 4.90 Å². The molecule has 6 nitrogen and oxygen atoms in total. The predicted octanol–water partition coefficient (Wildman–Crippen LogP) is 1.33. The number of hydrogen-bond acceptors (Lipinski definition) is 5. The van der Waals surface area contributed by atoms with Crippen LogP contribution in [-0.2, 0) is 19.1 Å². The molecule has 0 aromatic rings. The van der Waals surface area contributed by atoms with Crippen molar-refractivity contribution < 1.29 is 23.9 Å². The van der Waals surface area contributed by atoms with Gasteiger partial charge in [0, 0.05) is 5.92 Å². The molecule has 1 saturated heterocycles. The SMILES string of the molecule is CCOC(=O)C1CC(CC)C(=O)N1C(=O)OCC. The number of esters is 1. The summed E-state index contributed by atoms with van der Waals surface area (Å²) in [7, 11) is 0. The first-order valence-electron chi connectivity index (χ1n) is 6.23. The van der Waals surface area contributed by atoms with Crippen LogP contribution in [0, 0.1) is 5.92 Å². The molecular weight excluding hydrogens is 238 g/mol. The molecular formula is C12H19NO5. The highest BCUT2D eigenvalue weighted by Crippen LogP contribution is 2.28. The highest BCUT2D eigenvalue weighted by Gasteiger charge is 2.47. The monoisotopic (exact) mass is 257 g/mol. The van der Waals surface area contributed by atoms with E-state index in [1.165, 1.54) is 0 Å². The molecule has 6 heteroatoms. The zero-order valence-corrected chi connectivity index (χ0v) is 11.0. The highest BCUT2D eigenvalue weighted by atomic mass is 16.6. The Bertz CT molecular complexity index is 341. The lowest BCUT2D eigenvalue weighted by atomic mass is 10.0. The first-order valence-corrected chi connectivity index (χ1v) is 6.23. The van der Waals surface area contributed by atoms with Crippen molar-refractivity contribution in [3.05, 3.63) is 0 Å². The molecule has 102 valence electrons. The van der Waals surface area contributed by atoms with Crippen LogP contribution in [0.1, 0.15) is 33.6 Å². The molecule has 0 spiro atoms. The smallest absolute Gasteiger partial charge is 0.417 e. The average Bonchev–Trinajstić information content (AvgIpc) is 2.67. The molecule has 18 heavy (non-hydrogen) atoms. The molecule has 0 aromatic carbocycles. The maximum Gasteiger partial charge on any atom is 0.417 e. The van der Waals surface area contributed by atoms with Gasteiger partial charge in [0.05, 0.1) is 13.2 Å². The fourth-order valence-corrected chi connectivity index (χ4v) is 2.02. The van der Waals surface area contributed by atoms with E-state index in [-0.39, 0.29) is 25.0 Å². The third kappa shape index (κ3) is 2.80. The van der Waals surface area contributed by atoms with E-state index in [1.54, 1.807) is 13.8 Å². The number of carbonyl (C=O) groups excluding carboxylic acids is 3. The van der Waals surface area contributed by atoms with Crippen LogP contribution in [0.5, 0.6) is 0 Å². The van der Waals surface area contributed by atoms with Crippen molar-refractivity contribution >= 4 is 18.0 Å². The minimum atomic E-state index is -0.846. The molecule has 2 amide bonds. The third-order valence-electron chi connectivity index (χ3n) is 2.92. The number of imide groups is 1. The van der Waals surface area contributed by atoms with E-state index in [1.807, 2.05) is 6.92 Å². The van der Waals surface area contributed by atoms with Gasteiger partial charge in [-0.2, -0.15) is 0 Å². The van der Waals surface area contributed by atoms with Crippen LogP contribution in [0.3, 0.4) is 0 Å². The lowest BCUT2D eigenvalue weighted by Crippen LogP contribution is -2.44. The second kappa shape index (κ2) is 6.37. The molecule has 0 saturated carbocycles. The zero-order chi connectivity index (χ0) is 13.7. The Kier molecular flexibility index (Phi) is 5.12. The topological polar surface area (TPSA) is 72.9 Å². The number of carbonyl (C=O) groups is 3. The van der Waals surface area contributed by atoms with E-state index < -0.39 is 18.1 Å². The van der Waals surface area contributed by atoms with E-state index in [4.69, 9.17) is 9.47 Å². The quantitative estimate of drug-likeness (QED) is 0.710. The number of likely N-dealkylation sites (tertiary alicyclic amines) is 1. The molecule has 1 aliphatic rings. The maximum atomic E-state index is 12.0. The largest absolute Gasteiger partial charge is 0.464 e. The predicted molar refractivity (Wildman–Crippen MR) is 62.7 cm³/mol. The average molecular weight is 257 g/mol. The molecule has 1 aliphatic heterocycles. The summed E-state index contributed by atoms with van der Waals surface area (Å²) in [6, 6.07) is -0.846. The van der Waals surface area contributed by atoms with Gasteiger partial charge in [-0.3, -0.25) is 4.79 Å². The van der Waals surface area contributed by atoms with Gasteiger partial charge in [0.1, 0.15) is 6.04 Å². The Hall–Kier alpha value is -1.59. The van der Waals surface area contributed by atoms with Gasteiger partial charge in [0.25, 0.3) is 0 Å². The first kappa shape index (κ1) is 14.5. The molecule has 1 rings (SSSR count). The number of amides is 2. The summed E-state index contributed by atoms with van der Waals surface area (Å²) < 4.78 is 9.69. The van der Waals surface area contributed by atoms with Crippen molar-refractivity contribution in [2.24, 2.45) is 5.92 Å². The minimum Gasteiger partial charge on any atom is -0.464 e. The summed E-state index contributed by atoms with van der Waals surface area (Å²) >= 11 is 0. The molecule has 0 aromatic heterocycles. The van der Waals surface area contributed by atoms with Crippen LogP contribution < -0.4 is 0 Å². The zero-order valence-electron chi connectivity index (χ0n) is 11.0. The van der Waals surface area contributed by atoms with E-state index in [9.17, 15) is 14.4 Å². The van der Waals surface area contributed by atoms with E-state index in [0.717, 1.165) is 4.90 Å². The number of ether oxygens (including phenoxy) is 2. The normalized spacial score (nSPS) is 23.1. The van der Waals surface area contributed by atoms with Crippen LogP contribution in [0.4, 0.5) is 4.79 Å². The molecule has 0 aliphatic carbocycles. The summed E-state index contributed by atoms with van der Waals surface area (Å²) in [4.78, 5) is 36.3. The fraction of sp³-hybridized carbons (Fsp3) is 0.750. The second-order valence-corrected chi connectivity index (χ2v) is 4.02. The first-order chi connectivity index (χ1) is 8.56. The van der Waals surface area contributed by atoms with Gasteiger partial charge in [0.2, 0.25) is 5.91 Å². The summed E-state index contributed by atoms with van der Waals surface area (Å²) in [6.45, 7) is 5.56. The molecule has 1 fully saturated rings. The number of hydrogen-bond donors (Lipinski definition) is 0. The van der Waals surface area contributed by atoms with Gasteiger partial charge in [-0.1, -0.05) is 6.92 Å². The fourth-order valence-electron chi connectivity index (χ4n) is 2.02. The molecule has 2 unspecified atom stereocenters. The molecule has 0 radical (unpaired) electrons. The minimum absolute atomic E-state index is 0.162. The van der Waals surface area contributed by atoms with Crippen LogP contribution in [-0.4, -0.2) is 42.1 Å². The summed E-state index contributed by atoms with van der Waals surface area (Å²) in [6.07, 6.45) is 0.133. The third-order valence-corrected chi connectivity index (χ3v) is 2.92. The maximum absolute atomic E-state index is 12.0. The van der Waals surface area contributed by atoms with Crippen LogP contribution >= 0.6 is 0 Å². The van der Waals surface area contributed by atoms with Gasteiger partial charge in [-0.25, -0.2) is 14.5 Å². The van der Waals surface area contributed by atoms with Gasteiger partial charge in [-0.15, -0.1) is 0 Å². The van der Waals surface area contributed by atoms with Crippen molar-refractivity contribution in [3.8, 4) is 0 Å². The molecule has 1 heterocycles. The molecule has 0 N–H and O–H groups in total. The Morgan fingerprint density at radius 1 is 1.22 bits per heavy atom. The van der Waals surface area contributed by atoms with Gasteiger partial charge in [0.15, 0.2) is 0 Å². The summed E-state index contributed by atoms with van der Waals surface area (Å²) in [5.74, 6) is -1.22. The van der Waals surface area contributed by atoms with Crippen LogP contribution in [0.15, 0.2) is 0 Å². The van der Waals surface area contributed by atoms with Gasteiger partial charge in [-0.05, 0) is 26.7 Å². The standard InChI is InChI=1S/C12H19NO5/c1-4-8-7-9(11(15)17-5-2)13(10(8)14)12(16)18-6-3/h8-9H,4-7H2,1-3H3. The Morgan fingerprint density at radius 2 is 1.83 bits per heavy atom. The van der Waals surface area contributed by atoms with E-state index in [2.05, 4.69) is 0 Å². The Balaban J connectivity index is 2.88. The van der Waals surface area contributed by atoms with E-state index in [0.29, 0.717) is 12.8 Å². The second-order valence-electron chi connectivity index (χ2n) is 4.02. The van der Waals surface area contributed by atoms with Crippen molar-refractivity contribution in [1.29, 1.82) is 0 Å². The molecule has 2 atom stereocenters. The van der Waals surface area contributed by atoms with Gasteiger partial charge >= 0.3 is 12.1 Å². The van der Waals surface area contributed by atoms with Crippen LogP contribution in [0.2, 0.25) is 0 Å². The lowest BCUT2D eigenvalue weighted by molar-refractivity contribution is -0.150. The highest BCUT2D eigenvalue weighted by molar-refractivity contribution is 6.00. The van der Waals surface area contributed by atoms with E-state index >= 15 is 0 Å². The van der Waals surface area contributed by atoms with Crippen molar-refractivity contribution in [3.63, 3.8) is 0 Å². The Labute approximate surface area is 106 Å².